The van der Waals surface area contributed by atoms with Crippen LogP contribution in [0.2, 0.25) is 0 Å². The van der Waals surface area contributed by atoms with Crippen molar-refractivity contribution < 1.29 is 14.3 Å². The lowest BCUT2D eigenvalue weighted by atomic mass is 9.98. The zero-order chi connectivity index (χ0) is 18.9. The molecule has 0 bridgehead atoms. The lowest BCUT2D eigenvalue weighted by Crippen LogP contribution is -2.46. The third-order valence-electron chi connectivity index (χ3n) is 5.03. The van der Waals surface area contributed by atoms with Gasteiger partial charge in [-0.15, -0.1) is 0 Å². The summed E-state index contributed by atoms with van der Waals surface area (Å²) in [4.78, 5) is 16.6. The predicted octanol–water partition coefficient (Wildman–Crippen LogP) is 2.98. The molecule has 26 heavy (non-hydrogen) atoms. The first-order valence-corrected chi connectivity index (χ1v) is 9.65. The Morgan fingerprint density at radius 1 is 1.35 bits per heavy atom. The maximum atomic E-state index is 13.0. The van der Waals surface area contributed by atoms with E-state index in [1.54, 1.807) is 17.0 Å². The summed E-state index contributed by atoms with van der Waals surface area (Å²) >= 11 is 0. The molecule has 2 amide bonds. The molecule has 6 heteroatoms. The summed E-state index contributed by atoms with van der Waals surface area (Å²) < 4.78 is 13.0. The van der Waals surface area contributed by atoms with E-state index in [9.17, 15) is 14.3 Å². The Bertz CT molecular complexity index is 550. The number of carbonyl (C=O) groups is 1. The second-order valence-corrected chi connectivity index (χ2v) is 7.27. The molecule has 0 radical (unpaired) electrons. The smallest absolute Gasteiger partial charge is 0.317 e. The van der Waals surface area contributed by atoms with Crippen LogP contribution in [0.25, 0.3) is 0 Å². The summed E-state index contributed by atoms with van der Waals surface area (Å²) in [6.07, 6.45) is 4.63. The van der Waals surface area contributed by atoms with Gasteiger partial charge in [0.15, 0.2) is 0 Å². The fourth-order valence-electron chi connectivity index (χ4n) is 3.65. The molecule has 1 aromatic rings. The van der Waals surface area contributed by atoms with Crippen LogP contribution in [0.4, 0.5) is 9.18 Å². The number of likely N-dealkylation sites (tertiary alicyclic amines) is 1. The molecule has 0 aromatic heterocycles. The van der Waals surface area contributed by atoms with Crippen LogP contribution in [0, 0.1) is 5.82 Å². The quantitative estimate of drug-likeness (QED) is 0.745. The van der Waals surface area contributed by atoms with Crippen LogP contribution in [0.5, 0.6) is 0 Å². The monoisotopic (exact) mass is 365 g/mol. The number of aliphatic hydroxyl groups is 1. The highest BCUT2D eigenvalue weighted by molar-refractivity contribution is 5.74. The standard InChI is InChI=1S/C20H32FN3O2/c1-16(2)24-12-4-3-5-19(24)10-11-22-20(26)23(13-14-25)15-17-6-8-18(21)9-7-17/h6-9,16,19,25H,3-5,10-15H2,1-2H3,(H,22,26)/t19-/m0/s1. The minimum atomic E-state index is -0.297. The van der Waals surface area contributed by atoms with Gasteiger partial charge in [0.25, 0.3) is 0 Å². The van der Waals surface area contributed by atoms with E-state index in [-0.39, 0.29) is 25.0 Å². The molecule has 0 saturated carbocycles. The number of hydrogen-bond acceptors (Lipinski definition) is 3. The van der Waals surface area contributed by atoms with E-state index in [0.29, 0.717) is 25.2 Å². The number of piperidine rings is 1. The van der Waals surface area contributed by atoms with Gasteiger partial charge in [-0.2, -0.15) is 0 Å². The fraction of sp³-hybridized carbons (Fsp3) is 0.650. The number of urea groups is 1. The van der Waals surface area contributed by atoms with Crippen molar-refractivity contribution in [3.8, 4) is 0 Å². The minimum Gasteiger partial charge on any atom is -0.395 e. The Morgan fingerprint density at radius 3 is 2.73 bits per heavy atom. The highest BCUT2D eigenvalue weighted by Gasteiger charge is 2.24. The van der Waals surface area contributed by atoms with Crippen molar-refractivity contribution >= 4 is 6.03 Å². The van der Waals surface area contributed by atoms with Crippen LogP contribution in [-0.2, 0) is 6.54 Å². The Kier molecular flexibility index (Phi) is 8.32. The first-order valence-electron chi connectivity index (χ1n) is 9.65. The zero-order valence-electron chi connectivity index (χ0n) is 16.0. The van der Waals surface area contributed by atoms with E-state index >= 15 is 0 Å². The molecule has 2 rings (SSSR count). The molecular weight excluding hydrogens is 333 g/mol. The number of nitrogens with zero attached hydrogens (tertiary/aromatic N) is 2. The summed E-state index contributed by atoms with van der Waals surface area (Å²) in [6.45, 7) is 6.72. The van der Waals surface area contributed by atoms with Gasteiger partial charge < -0.3 is 15.3 Å². The minimum absolute atomic E-state index is 0.0988. The van der Waals surface area contributed by atoms with Gasteiger partial charge >= 0.3 is 6.03 Å². The van der Waals surface area contributed by atoms with Crippen molar-refractivity contribution in [3.05, 3.63) is 35.6 Å². The van der Waals surface area contributed by atoms with Crippen LogP contribution >= 0.6 is 0 Å². The summed E-state index contributed by atoms with van der Waals surface area (Å²) in [5.74, 6) is -0.297. The molecule has 1 atom stereocenters. The van der Waals surface area contributed by atoms with E-state index in [4.69, 9.17) is 0 Å². The average molecular weight is 365 g/mol. The van der Waals surface area contributed by atoms with Crippen molar-refractivity contribution in [1.82, 2.24) is 15.1 Å². The highest BCUT2D eigenvalue weighted by Crippen LogP contribution is 2.21. The molecule has 0 aliphatic carbocycles. The van der Waals surface area contributed by atoms with Crippen molar-refractivity contribution in [1.29, 1.82) is 0 Å². The molecule has 0 unspecified atom stereocenters. The van der Waals surface area contributed by atoms with Gasteiger partial charge in [-0.05, 0) is 57.4 Å². The van der Waals surface area contributed by atoms with Gasteiger partial charge in [0.05, 0.1) is 6.61 Å². The normalized spacial score (nSPS) is 18.1. The molecule has 1 saturated heterocycles. The van der Waals surface area contributed by atoms with E-state index in [1.807, 2.05) is 0 Å². The van der Waals surface area contributed by atoms with Crippen LogP contribution < -0.4 is 5.32 Å². The number of aliphatic hydroxyl groups excluding tert-OH is 1. The molecule has 146 valence electrons. The summed E-state index contributed by atoms with van der Waals surface area (Å²) in [5, 5.41) is 12.2. The zero-order valence-corrected chi connectivity index (χ0v) is 16.0. The largest absolute Gasteiger partial charge is 0.395 e. The first kappa shape index (κ1) is 20.6. The Labute approximate surface area is 156 Å². The molecule has 1 fully saturated rings. The van der Waals surface area contributed by atoms with Crippen molar-refractivity contribution in [2.45, 2.75) is 58.2 Å². The van der Waals surface area contributed by atoms with Gasteiger partial charge in [-0.3, -0.25) is 4.90 Å². The first-order chi connectivity index (χ1) is 12.5. The van der Waals surface area contributed by atoms with Gasteiger partial charge in [0.2, 0.25) is 0 Å². The van der Waals surface area contributed by atoms with Crippen LogP contribution in [0.3, 0.4) is 0 Å². The summed E-state index contributed by atoms with van der Waals surface area (Å²) in [6, 6.07) is 6.95. The lowest BCUT2D eigenvalue weighted by molar-refractivity contribution is 0.105. The van der Waals surface area contributed by atoms with E-state index < -0.39 is 0 Å². The Balaban J connectivity index is 1.83. The van der Waals surface area contributed by atoms with Crippen LogP contribution in [0.1, 0.15) is 45.1 Å². The van der Waals surface area contributed by atoms with Crippen molar-refractivity contribution in [2.24, 2.45) is 0 Å². The molecule has 1 aliphatic heterocycles. The van der Waals surface area contributed by atoms with E-state index in [1.165, 1.54) is 31.4 Å². The topological polar surface area (TPSA) is 55.8 Å². The lowest BCUT2D eigenvalue weighted by Gasteiger charge is -2.38. The maximum Gasteiger partial charge on any atom is 0.317 e. The highest BCUT2D eigenvalue weighted by atomic mass is 19.1. The average Bonchev–Trinajstić information content (AvgIpc) is 2.63. The number of amides is 2. The third-order valence-corrected chi connectivity index (χ3v) is 5.03. The number of rotatable bonds is 8. The Hall–Kier alpha value is -1.66. The van der Waals surface area contributed by atoms with Gasteiger partial charge in [-0.1, -0.05) is 18.6 Å². The molecule has 5 nitrogen and oxygen atoms in total. The molecule has 1 aliphatic rings. The van der Waals surface area contributed by atoms with E-state index in [2.05, 4.69) is 24.1 Å². The predicted molar refractivity (Wildman–Crippen MR) is 101 cm³/mol. The van der Waals surface area contributed by atoms with E-state index in [0.717, 1.165) is 18.5 Å². The fourth-order valence-corrected chi connectivity index (χ4v) is 3.65. The van der Waals surface area contributed by atoms with Crippen molar-refractivity contribution in [3.63, 3.8) is 0 Å². The molecule has 2 N–H and O–H groups in total. The molecule has 1 heterocycles. The van der Waals surface area contributed by atoms with Crippen molar-refractivity contribution in [2.75, 3.05) is 26.2 Å². The summed E-state index contributed by atoms with van der Waals surface area (Å²) in [7, 11) is 0. The van der Waals surface area contributed by atoms with Crippen LogP contribution in [-0.4, -0.2) is 59.3 Å². The Morgan fingerprint density at radius 2 is 2.08 bits per heavy atom. The number of carbonyl (C=O) groups excluding carboxylic acids is 1. The molecule has 1 aromatic carbocycles. The van der Waals surface area contributed by atoms with Gasteiger partial charge in [0, 0.05) is 31.7 Å². The third kappa shape index (κ3) is 6.25. The number of nitrogens with one attached hydrogen (secondary N) is 1. The number of halogens is 1. The number of hydrogen-bond donors (Lipinski definition) is 2. The second kappa shape index (κ2) is 10.5. The van der Waals surface area contributed by atoms with Gasteiger partial charge in [0.1, 0.15) is 5.82 Å². The maximum absolute atomic E-state index is 13.0. The molecular formula is C20H32FN3O2. The number of benzene rings is 1. The van der Waals surface area contributed by atoms with Gasteiger partial charge in [-0.25, -0.2) is 9.18 Å². The second-order valence-electron chi connectivity index (χ2n) is 7.27. The van der Waals surface area contributed by atoms with Crippen LogP contribution in [0.15, 0.2) is 24.3 Å². The summed E-state index contributed by atoms with van der Waals surface area (Å²) in [5.41, 5.74) is 0.841. The SMILES string of the molecule is CC(C)N1CCCC[C@H]1CCNC(=O)N(CCO)Cc1ccc(F)cc1. The molecule has 0 spiro atoms.